The van der Waals surface area contributed by atoms with Crippen molar-refractivity contribution in [1.82, 2.24) is 5.32 Å². The van der Waals surface area contributed by atoms with Crippen LogP contribution in [0.25, 0.3) is 0 Å². The summed E-state index contributed by atoms with van der Waals surface area (Å²) in [5.74, 6) is -0.459. The molecule has 0 saturated heterocycles. The average molecular weight is 903 g/mol. The Balaban J connectivity index is 4.48. The molecule has 0 aliphatic carbocycles. The molecule has 3 N–H and O–H groups in total. The highest BCUT2D eigenvalue weighted by molar-refractivity contribution is 5.77. The maximum atomic E-state index is 13.2. The molecule has 1 amide bonds. The highest BCUT2D eigenvalue weighted by Crippen LogP contribution is 2.19. The number of amides is 1. The summed E-state index contributed by atoms with van der Waals surface area (Å²) in [5, 5.41) is 23.8. The topological polar surface area (TPSA) is 95.9 Å². The van der Waals surface area contributed by atoms with Crippen LogP contribution in [0.1, 0.15) is 310 Å². The highest BCUT2D eigenvalue weighted by atomic mass is 16.5. The number of allylic oxidation sites excluding steroid dienone is 4. The Labute approximate surface area is 399 Å². The number of carbonyl (C=O) groups excluding carboxylic acids is 2. The number of carbonyl (C=O) groups is 2. The number of nitrogens with one attached hydrogen (secondary N) is 1. The van der Waals surface area contributed by atoms with Crippen LogP contribution in [0.15, 0.2) is 24.3 Å². The van der Waals surface area contributed by atoms with Crippen molar-refractivity contribution in [3.63, 3.8) is 0 Å². The highest BCUT2D eigenvalue weighted by Gasteiger charge is 2.24. The van der Waals surface area contributed by atoms with Crippen LogP contribution in [0.3, 0.4) is 0 Å². The zero-order valence-electron chi connectivity index (χ0n) is 43.2. The lowest BCUT2D eigenvalue weighted by molar-refractivity contribution is -0.151. The first-order valence-corrected chi connectivity index (χ1v) is 28.6. The Morgan fingerprint density at radius 3 is 1.22 bits per heavy atom. The van der Waals surface area contributed by atoms with Crippen molar-refractivity contribution in [2.24, 2.45) is 0 Å². The first-order chi connectivity index (χ1) is 31.5. The molecule has 6 heteroatoms. The van der Waals surface area contributed by atoms with E-state index in [0.29, 0.717) is 19.3 Å². The van der Waals surface area contributed by atoms with Gasteiger partial charge in [-0.3, -0.25) is 9.59 Å². The van der Waals surface area contributed by atoms with Crippen molar-refractivity contribution in [2.45, 2.75) is 328 Å². The molecule has 0 rings (SSSR count). The monoisotopic (exact) mass is 902 g/mol. The molecule has 0 spiro atoms. The molecule has 0 bridgehead atoms. The van der Waals surface area contributed by atoms with Crippen LogP contribution in [0.2, 0.25) is 0 Å². The normalized spacial score (nSPS) is 13.3. The third-order valence-electron chi connectivity index (χ3n) is 13.3. The minimum Gasteiger partial charge on any atom is -0.462 e. The first kappa shape index (κ1) is 62.3. The lowest BCUT2D eigenvalue weighted by Crippen LogP contribution is -2.46. The van der Waals surface area contributed by atoms with E-state index in [0.717, 1.165) is 51.4 Å². The van der Waals surface area contributed by atoms with Crippen LogP contribution in [-0.4, -0.2) is 46.9 Å². The number of ether oxygens (including phenoxy) is 1. The van der Waals surface area contributed by atoms with E-state index in [1.807, 2.05) is 0 Å². The fourth-order valence-electron chi connectivity index (χ4n) is 8.93. The van der Waals surface area contributed by atoms with Gasteiger partial charge in [0.05, 0.1) is 25.2 Å². The van der Waals surface area contributed by atoms with Gasteiger partial charge in [0.15, 0.2) is 0 Å². The molecule has 64 heavy (non-hydrogen) atoms. The molecule has 0 heterocycles. The zero-order chi connectivity index (χ0) is 46.7. The predicted octanol–water partition coefficient (Wildman–Crippen LogP) is 17.5. The van der Waals surface area contributed by atoms with Gasteiger partial charge in [0, 0.05) is 6.42 Å². The molecule has 0 saturated carbocycles. The van der Waals surface area contributed by atoms with Gasteiger partial charge in [0.2, 0.25) is 5.91 Å². The van der Waals surface area contributed by atoms with Crippen molar-refractivity contribution >= 4 is 11.9 Å². The summed E-state index contributed by atoms with van der Waals surface area (Å²) in [5.41, 5.74) is 0. The van der Waals surface area contributed by atoms with Gasteiger partial charge < -0.3 is 20.3 Å². The van der Waals surface area contributed by atoms with Crippen molar-refractivity contribution in [3.8, 4) is 0 Å². The van der Waals surface area contributed by atoms with Gasteiger partial charge >= 0.3 is 5.97 Å². The molecule has 0 aromatic rings. The predicted molar refractivity (Wildman–Crippen MR) is 278 cm³/mol. The van der Waals surface area contributed by atoms with E-state index >= 15 is 0 Å². The number of aliphatic hydroxyl groups is 2. The van der Waals surface area contributed by atoms with E-state index in [-0.39, 0.29) is 24.9 Å². The van der Waals surface area contributed by atoms with Crippen LogP contribution in [0, 0.1) is 0 Å². The lowest BCUT2D eigenvalue weighted by atomic mass is 10.0. The van der Waals surface area contributed by atoms with Gasteiger partial charge in [0.1, 0.15) is 6.10 Å². The second-order valence-electron chi connectivity index (χ2n) is 19.7. The average Bonchev–Trinajstić information content (AvgIpc) is 3.29. The molecule has 0 aliphatic heterocycles. The summed E-state index contributed by atoms with van der Waals surface area (Å²) in [6.07, 6.45) is 61.0. The summed E-state index contributed by atoms with van der Waals surface area (Å²) in [7, 11) is 0. The van der Waals surface area contributed by atoms with Gasteiger partial charge in [-0.1, -0.05) is 263 Å². The molecule has 0 radical (unpaired) electrons. The van der Waals surface area contributed by atoms with Gasteiger partial charge in [-0.15, -0.1) is 0 Å². The maximum Gasteiger partial charge on any atom is 0.306 e. The summed E-state index contributed by atoms with van der Waals surface area (Å²) >= 11 is 0. The fraction of sp³-hybridized carbons (Fsp3) is 0.897. The van der Waals surface area contributed by atoms with Gasteiger partial charge in [-0.05, 0) is 57.8 Å². The smallest absolute Gasteiger partial charge is 0.306 e. The zero-order valence-corrected chi connectivity index (χ0v) is 43.2. The van der Waals surface area contributed by atoms with Crippen LogP contribution in [-0.2, 0) is 14.3 Å². The Kier molecular flexibility index (Phi) is 51.0. The molecule has 6 nitrogen and oxygen atoms in total. The van der Waals surface area contributed by atoms with Crippen molar-refractivity contribution in [1.29, 1.82) is 0 Å². The van der Waals surface area contributed by atoms with Crippen LogP contribution >= 0.6 is 0 Å². The second-order valence-corrected chi connectivity index (χ2v) is 19.7. The molecule has 3 unspecified atom stereocenters. The summed E-state index contributed by atoms with van der Waals surface area (Å²) in [6.45, 7) is 6.49. The molecule has 0 aliphatic rings. The third-order valence-corrected chi connectivity index (χ3v) is 13.3. The van der Waals surface area contributed by atoms with Crippen LogP contribution in [0.4, 0.5) is 0 Å². The van der Waals surface area contributed by atoms with Gasteiger partial charge in [-0.2, -0.15) is 0 Å². The molecule has 0 aromatic carbocycles. The Morgan fingerprint density at radius 2 is 0.797 bits per heavy atom. The van der Waals surface area contributed by atoms with Crippen molar-refractivity contribution in [2.75, 3.05) is 6.61 Å². The van der Waals surface area contributed by atoms with E-state index in [9.17, 15) is 19.8 Å². The SMILES string of the molecule is CCCCC/C=C\C/C=C\CCCCCCCCCCCC(=O)OC(CCCCCCCCCCCCCCC)CC(=O)NC(CO)C(O)CCCCCCCCCCCCCCC. The Hall–Kier alpha value is -1.66. The molecule has 378 valence electrons. The van der Waals surface area contributed by atoms with Crippen molar-refractivity contribution < 1.29 is 24.5 Å². The number of aliphatic hydroxyl groups excluding tert-OH is 2. The summed E-state index contributed by atoms with van der Waals surface area (Å²) in [4.78, 5) is 26.2. The van der Waals surface area contributed by atoms with Gasteiger partial charge in [-0.25, -0.2) is 0 Å². The number of hydrogen-bond acceptors (Lipinski definition) is 5. The summed E-state index contributed by atoms with van der Waals surface area (Å²) < 4.78 is 5.96. The molecule has 0 fully saturated rings. The van der Waals surface area contributed by atoms with Crippen LogP contribution in [0.5, 0.6) is 0 Å². The van der Waals surface area contributed by atoms with Crippen LogP contribution < -0.4 is 5.32 Å². The number of unbranched alkanes of at least 4 members (excludes halogenated alkanes) is 36. The largest absolute Gasteiger partial charge is 0.462 e. The minimum absolute atomic E-state index is 0.0821. The number of esters is 1. The molecular weight excluding hydrogens is 791 g/mol. The Morgan fingerprint density at radius 1 is 0.453 bits per heavy atom. The van der Waals surface area contributed by atoms with Gasteiger partial charge in [0.25, 0.3) is 0 Å². The standard InChI is InChI=1S/C58H111NO5/c1-4-7-10-13-16-19-22-25-26-27-28-29-30-33-36-39-42-45-48-51-58(63)64-54(49-46-43-40-37-34-31-23-20-17-14-11-8-5-2)52-57(62)59-55(53-60)56(61)50-47-44-41-38-35-32-24-21-18-15-12-9-6-3/h16,19,25-26,54-56,60-61H,4-15,17-18,20-24,27-53H2,1-3H3,(H,59,62)/b19-16-,26-25-. The third kappa shape index (κ3) is 46.9. The lowest BCUT2D eigenvalue weighted by Gasteiger charge is -2.24. The molecule has 3 atom stereocenters. The Bertz CT molecular complexity index is 1010. The maximum absolute atomic E-state index is 13.2. The number of rotatable bonds is 52. The summed E-state index contributed by atoms with van der Waals surface area (Å²) in [6, 6.07) is -0.697. The number of hydrogen-bond donors (Lipinski definition) is 3. The van der Waals surface area contributed by atoms with E-state index < -0.39 is 18.2 Å². The molecule has 0 aromatic heterocycles. The fourth-order valence-corrected chi connectivity index (χ4v) is 8.93. The minimum atomic E-state index is -0.784. The first-order valence-electron chi connectivity index (χ1n) is 28.6. The van der Waals surface area contributed by atoms with Crippen molar-refractivity contribution in [3.05, 3.63) is 24.3 Å². The second kappa shape index (κ2) is 52.3. The molecular formula is C58H111NO5. The van der Waals surface area contributed by atoms with E-state index in [4.69, 9.17) is 4.74 Å². The van der Waals surface area contributed by atoms with E-state index in [1.54, 1.807) is 0 Å². The van der Waals surface area contributed by atoms with E-state index in [1.165, 1.54) is 212 Å². The quantitative estimate of drug-likeness (QED) is 0.0321. The van der Waals surface area contributed by atoms with E-state index in [2.05, 4.69) is 50.4 Å².